The Balaban J connectivity index is 2.21. The SMILES string of the molecule is CC1CNCCN1C(=O)c1cc(Br)cn1C. The van der Waals surface area contributed by atoms with Gasteiger partial charge in [-0.1, -0.05) is 0 Å². The Bertz CT molecular complexity index is 402. The highest BCUT2D eigenvalue weighted by molar-refractivity contribution is 9.10. The van der Waals surface area contributed by atoms with E-state index >= 15 is 0 Å². The van der Waals surface area contributed by atoms with E-state index < -0.39 is 0 Å². The first-order valence-corrected chi connectivity index (χ1v) is 6.22. The van der Waals surface area contributed by atoms with Crippen LogP contribution in [-0.2, 0) is 7.05 Å². The monoisotopic (exact) mass is 285 g/mol. The Morgan fingerprint density at radius 1 is 1.62 bits per heavy atom. The average Bonchev–Trinajstić information content (AvgIpc) is 2.58. The van der Waals surface area contributed by atoms with Crippen LogP contribution in [0.4, 0.5) is 0 Å². The lowest BCUT2D eigenvalue weighted by atomic mass is 10.2. The number of halogens is 1. The average molecular weight is 286 g/mol. The molecule has 1 atom stereocenters. The number of nitrogens with one attached hydrogen (secondary N) is 1. The zero-order valence-corrected chi connectivity index (χ0v) is 11.1. The summed E-state index contributed by atoms with van der Waals surface area (Å²) in [7, 11) is 1.89. The van der Waals surface area contributed by atoms with Gasteiger partial charge in [0.25, 0.3) is 5.91 Å². The van der Waals surface area contributed by atoms with Crippen molar-refractivity contribution in [3.8, 4) is 0 Å². The Morgan fingerprint density at radius 3 is 2.94 bits per heavy atom. The molecule has 1 aromatic rings. The summed E-state index contributed by atoms with van der Waals surface area (Å²) in [6.45, 7) is 4.60. The van der Waals surface area contributed by atoms with Crippen LogP contribution in [-0.4, -0.2) is 41.1 Å². The second-order valence-corrected chi connectivity index (χ2v) is 5.12. The molecular weight excluding hydrogens is 270 g/mol. The van der Waals surface area contributed by atoms with Crippen LogP contribution < -0.4 is 5.32 Å². The molecule has 1 aromatic heterocycles. The zero-order valence-electron chi connectivity index (χ0n) is 9.53. The van der Waals surface area contributed by atoms with E-state index in [1.54, 1.807) is 0 Å². The van der Waals surface area contributed by atoms with Gasteiger partial charge in [-0.05, 0) is 28.9 Å². The number of nitrogens with zero attached hydrogens (tertiary/aromatic N) is 2. The maximum Gasteiger partial charge on any atom is 0.270 e. The van der Waals surface area contributed by atoms with Gasteiger partial charge in [-0.2, -0.15) is 0 Å². The molecule has 5 heteroatoms. The van der Waals surface area contributed by atoms with E-state index in [9.17, 15) is 4.79 Å². The highest BCUT2D eigenvalue weighted by Crippen LogP contribution is 2.17. The van der Waals surface area contributed by atoms with Crippen LogP contribution >= 0.6 is 15.9 Å². The highest BCUT2D eigenvalue weighted by atomic mass is 79.9. The fourth-order valence-electron chi connectivity index (χ4n) is 2.03. The maximum atomic E-state index is 12.3. The van der Waals surface area contributed by atoms with Crippen LogP contribution in [0.15, 0.2) is 16.7 Å². The lowest BCUT2D eigenvalue weighted by Crippen LogP contribution is -2.52. The number of rotatable bonds is 1. The summed E-state index contributed by atoms with van der Waals surface area (Å²) in [5, 5.41) is 3.28. The van der Waals surface area contributed by atoms with Crippen molar-refractivity contribution in [2.24, 2.45) is 7.05 Å². The lowest BCUT2D eigenvalue weighted by molar-refractivity contribution is 0.0646. The Kier molecular flexibility index (Phi) is 3.35. The fraction of sp³-hybridized carbons (Fsp3) is 0.545. The molecule has 1 N–H and O–H groups in total. The molecule has 0 saturated carbocycles. The van der Waals surface area contributed by atoms with Crippen LogP contribution in [0.5, 0.6) is 0 Å². The molecule has 16 heavy (non-hydrogen) atoms. The highest BCUT2D eigenvalue weighted by Gasteiger charge is 2.25. The lowest BCUT2D eigenvalue weighted by Gasteiger charge is -2.34. The number of carbonyl (C=O) groups is 1. The van der Waals surface area contributed by atoms with Crippen LogP contribution in [0.3, 0.4) is 0 Å². The van der Waals surface area contributed by atoms with E-state index in [0.717, 1.165) is 29.8 Å². The molecule has 2 heterocycles. The molecule has 1 saturated heterocycles. The molecule has 1 aliphatic heterocycles. The van der Waals surface area contributed by atoms with Gasteiger partial charge in [0.15, 0.2) is 0 Å². The Labute approximate surface area is 104 Å². The van der Waals surface area contributed by atoms with Crippen molar-refractivity contribution < 1.29 is 4.79 Å². The first-order chi connectivity index (χ1) is 7.59. The molecule has 1 fully saturated rings. The van der Waals surface area contributed by atoms with Gasteiger partial charge in [-0.3, -0.25) is 4.79 Å². The van der Waals surface area contributed by atoms with Gasteiger partial charge < -0.3 is 14.8 Å². The largest absolute Gasteiger partial charge is 0.345 e. The van der Waals surface area contributed by atoms with Crippen molar-refractivity contribution in [1.29, 1.82) is 0 Å². The summed E-state index contributed by atoms with van der Waals surface area (Å²) >= 11 is 3.39. The van der Waals surface area contributed by atoms with Crippen molar-refractivity contribution in [3.63, 3.8) is 0 Å². The topological polar surface area (TPSA) is 37.3 Å². The summed E-state index contributed by atoms with van der Waals surface area (Å²) in [4.78, 5) is 14.2. The summed E-state index contributed by atoms with van der Waals surface area (Å²) < 4.78 is 2.81. The Morgan fingerprint density at radius 2 is 2.38 bits per heavy atom. The molecule has 4 nitrogen and oxygen atoms in total. The quantitative estimate of drug-likeness (QED) is 0.843. The van der Waals surface area contributed by atoms with Gasteiger partial charge in [0.2, 0.25) is 0 Å². The molecule has 0 radical (unpaired) electrons. The van der Waals surface area contributed by atoms with Crippen molar-refractivity contribution in [1.82, 2.24) is 14.8 Å². The van der Waals surface area contributed by atoms with Crippen LogP contribution in [0, 0.1) is 0 Å². The molecular formula is C11H16BrN3O. The normalized spacial score (nSPS) is 21.2. The standard InChI is InChI=1S/C11H16BrN3O/c1-8-6-13-3-4-15(8)11(16)10-5-9(12)7-14(10)2/h5,7-8,13H,3-4,6H2,1-2H3. The van der Waals surface area contributed by atoms with E-state index in [1.807, 2.05) is 28.8 Å². The molecule has 2 rings (SSSR count). The van der Waals surface area contributed by atoms with E-state index in [4.69, 9.17) is 0 Å². The van der Waals surface area contributed by atoms with Crippen LogP contribution in [0.25, 0.3) is 0 Å². The van der Waals surface area contributed by atoms with Gasteiger partial charge >= 0.3 is 0 Å². The van der Waals surface area contributed by atoms with Gasteiger partial charge in [0.1, 0.15) is 5.69 Å². The molecule has 1 unspecified atom stereocenters. The molecule has 1 aliphatic rings. The zero-order chi connectivity index (χ0) is 11.7. The molecule has 0 aromatic carbocycles. The molecule has 0 spiro atoms. The van der Waals surface area contributed by atoms with Gasteiger partial charge in [0.05, 0.1) is 0 Å². The number of piperazine rings is 1. The number of hydrogen-bond acceptors (Lipinski definition) is 2. The minimum atomic E-state index is 0.113. The minimum Gasteiger partial charge on any atom is -0.345 e. The summed E-state index contributed by atoms with van der Waals surface area (Å²) in [5.41, 5.74) is 0.737. The maximum absolute atomic E-state index is 12.3. The van der Waals surface area contributed by atoms with Crippen LogP contribution in [0.1, 0.15) is 17.4 Å². The molecule has 0 bridgehead atoms. The van der Waals surface area contributed by atoms with Crippen molar-refractivity contribution in [2.45, 2.75) is 13.0 Å². The fourth-order valence-corrected chi connectivity index (χ4v) is 2.55. The van der Waals surface area contributed by atoms with Crippen molar-refractivity contribution >= 4 is 21.8 Å². The third kappa shape index (κ3) is 2.15. The number of aryl methyl sites for hydroxylation is 1. The third-order valence-electron chi connectivity index (χ3n) is 2.95. The summed E-state index contributed by atoms with van der Waals surface area (Å²) in [6.07, 6.45) is 1.90. The van der Waals surface area contributed by atoms with E-state index in [0.29, 0.717) is 0 Å². The minimum absolute atomic E-state index is 0.113. The van der Waals surface area contributed by atoms with Gasteiger partial charge in [-0.15, -0.1) is 0 Å². The Hall–Kier alpha value is -0.810. The van der Waals surface area contributed by atoms with Gasteiger partial charge in [-0.25, -0.2) is 0 Å². The van der Waals surface area contributed by atoms with E-state index in [2.05, 4.69) is 28.2 Å². The third-order valence-corrected chi connectivity index (χ3v) is 3.39. The number of hydrogen-bond donors (Lipinski definition) is 1. The first kappa shape index (κ1) is 11.7. The van der Waals surface area contributed by atoms with Crippen molar-refractivity contribution in [2.75, 3.05) is 19.6 Å². The number of carbonyl (C=O) groups excluding carboxylic acids is 1. The van der Waals surface area contributed by atoms with E-state index in [1.165, 1.54) is 0 Å². The first-order valence-electron chi connectivity index (χ1n) is 5.43. The van der Waals surface area contributed by atoms with Crippen molar-refractivity contribution in [3.05, 3.63) is 22.4 Å². The smallest absolute Gasteiger partial charge is 0.270 e. The van der Waals surface area contributed by atoms with E-state index in [-0.39, 0.29) is 11.9 Å². The summed E-state index contributed by atoms with van der Waals surface area (Å²) in [5.74, 6) is 0.113. The second kappa shape index (κ2) is 4.59. The molecule has 88 valence electrons. The van der Waals surface area contributed by atoms with Crippen LogP contribution in [0.2, 0.25) is 0 Å². The predicted octanol–water partition coefficient (Wildman–Crippen LogP) is 1.22. The molecule has 0 aliphatic carbocycles. The summed E-state index contributed by atoms with van der Waals surface area (Å²) in [6, 6.07) is 2.13. The number of aromatic nitrogens is 1. The number of amides is 1. The van der Waals surface area contributed by atoms with Gasteiger partial charge in [0, 0.05) is 43.4 Å². The predicted molar refractivity (Wildman–Crippen MR) is 66.5 cm³/mol. The second-order valence-electron chi connectivity index (χ2n) is 4.21. The molecule has 1 amide bonds.